The zero-order chi connectivity index (χ0) is 25.3. The summed E-state index contributed by atoms with van der Waals surface area (Å²) in [6, 6.07) is 25.0. The minimum Gasteiger partial charge on any atom is -0.449 e. The summed E-state index contributed by atoms with van der Waals surface area (Å²) in [5, 5.41) is 3.38. The fourth-order valence-electron chi connectivity index (χ4n) is 3.90. The van der Waals surface area contributed by atoms with Gasteiger partial charge >= 0.3 is 5.97 Å². The van der Waals surface area contributed by atoms with Crippen molar-refractivity contribution < 1.29 is 23.9 Å². The highest BCUT2D eigenvalue weighted by Crippen LogP contribution is 2.27. The smallest absolute Gasteiger partial charge is 0.308 e. The minimum atomic E-state index is -1.11. The Morgan fingerprint density at radius 2 is 1.44 bits per heavy atom. The van der Waals surface area contributed by atoms with Gasteiger partial charge in [-0.15, -0.1) is 0 Å². The van der Waals surface area contributed by atoms with Crippen molar-refractivity contribution in [3.63, 3.8) is 0 Å². The largest absolute Gasteiger partial charge is 0.449 e. The number of carbonyl (C=O) groups excluding carboxylic acids is 4. The second-order valence-electron chi connectivity index (χ2n) is 8.28. The number of hydrogen-bond acceptors (Lipinski definition) is 5. The lowest BCUT2D eigenvalue weighted by Crippen LogP contribution is -2.28. The first-order valence-electron chi connectivity index (χ1n) is 11.7. The molecule has 1 atom stereocenters. The molecule has 7 nitrogen and oxygen atoms in total. The Morgan fingerprint density at radius 3 is 2.19 bits per heavy atom. The van der Waals surface area contributed by atoms with Crippen molar-refractivity contribution in [2.24, 2.45) is 0 Å². The van der Waals surface area contributed by atoms with Crippen LogP contribution in [0.25, 0.3) is 10.9 Å². The Morgan fingerprint density at radius 1 is 0.778 bits per heavy atom. The molecule has 2 N–H and O–H groups in total. The van der Waals surface area contributed by atoms with Gasteiger partial charge < -0.3 is 15.0 Å². The number of H-pyrrole nitrogens is 1. The summed E-state index contributed by atoms with van der Waals surface area (Å²) in [6.45, 7) is 0.0416. The molecule has 0 saturated carbocycles. The molecule has 0 fully saturated rings. The number of nitrogens with one attached hydrogen (secondary N) is 2. The summed E-state index contributed by atoms with van der Waals surface area (Å²) >= 11 is 0. The molecule has 0 bridgehead atoms. The summed E-state index contributed by atoms with van der Waals surface area (Å²) in [6.07, 6.45) is 0.498. The first-order valence-corrected chi connectivity index (χ1v) is 11.7. The van der Waals surface area contributed by atoms with Gasteiger partial charge in [-0.1, -0.05) is 78.9 Å². The standard InChI is InChI=1S/C29H26N2O5/c32-25(20-9-3-1-4-10-20)15-16-26(33)30-18-17-27(34)36-29(21-11-5-2-6-12-21)28(35)23-19-31-24-14-8-7-13-22(23)24/h1-14,19,29,31H,15-18H2,(H,30,33). The van der Waals surface area contributed by atoms with Gasteiger partial charge in [0.2, 0.25) is 11.7 Å². The maximum atomic E-state index is 13.4. The fourth-order valence-corrected chi connectivity index (χ4v) is 3.90. The van der Waals surface area contributed by atoms with E-state index in [4.69, 9.17) is 4.74 Å². The van der Waals surface area contributed by atoms with E-state index in [0.29, 0.717) is 16.7 Å². The maximum Gasteiger partial charge on any atom is 0.308 e. The van der Waals surface area contributed by atoms with Gasteiger partial charge in [0.15, 0.2) is 11.9 Å². The molecular weight excluding hydrogens is 456 g/mol. The molecule has 0 aliphatic carbocycles. The molecule has 0 saturated heterocycles. The molecular formula is C29H26N2O5. The second kappa shape index (κ2) is 11.8. The third kappa shape index (κ3) is 6.13. The van der Waals surface area contributed by atoms with Crippen molar-refractivity contribution in [2.75, 3.05) is 6.54 Å². The number of esters is 1. The molecule has 1 amide bonds. The van der Waals surface area contributed by atoms with Gasteiger partial charge in [0.25, 0.3) is 0 Å². The van der Waals surface area contributed by atoms with Gasteiger partial charge in [-0.3, -0.25) is 19.2 Å². The average Bonchev–Trinajstić information content (AvgIpc) is 3.35. The van der Waals surface area contributed by atoms with Crippen molar-refractivity contribution in [3.05, 3.63) is 108 Å². The molecule has 0 radical (unpaired) electrons. The molecule has 1 unspecified atom stereocenters. The van der Waals surface area contributed by atoms with Gasteiger partial charge in [-0.2, -0.15) is 0 Å². The zero-order valence-corrected chi connectivity index (χ0v) is 19.6. The topological polar surface area (TPSA) is 105 Å². The van der Waals surface area contributed by atoms with Crippen molar-refractivity contribution in [2.45, 2.75) is 25.4 Å². The molecule has 4 rings (SSSR count). The van der Waals surface area contributed by atoms with E-state index in [1.54, 1.807) is 54.7 Å². The maximum absolute atomic E-state index is 13.4. The Hall–Kier alpha value is -4.52. The predicted molar refractivity (Wildman–Crippen MR) is 136 cm³/mol. The Bertz CT molecular complexity index is 1360. The van der Waals surface area contributed by atoms with Gasteiger partial charge in [0, 0.05) is 53.2 Å². The van der Waals surface area contributed by atoms with Crippen LogP contribution in [0.3, 0.4) is 0 Å². The van der Waals surface area contributed by atoms with E-state index < -0.39 is 12.1 Å². The molecule has 7 heteroatoms. The third-order valence-electron chi connectivity index (χ3n) is 5.77. The van der Waals surface area contributed by atoms with E-state index in [2.05, 4.69) is 10.3 Å². The van der Waals surface area contributed by atoms with Crippen LogP contribution in [0.1, 0.15) is 51.6 Å². The van der Waals surface area contributed by atoms with E-state index in [1.165, 1.54) is 0 Å². The molecule has 182 valence electrons. The van der Waals surface area contributed by atoms with Gasteiger partial charge in [-0.25, -0.2) is 0 Å². The van der Waals surface area contributed by atoms with Crippen LogP contribution in [0.4, 0.5) is 0 Å². The van der Waals surface area contributed by atoms with Crippen molar-refractivity contribution in [1.29, 1.82) is 0 Å². The van der Waals surface area contributed by atoms with Gasteiger partial charge in [-0.05, 0) is 6.07 Å². The Labute approximate surface area is 208 Å². The summed E-state index contributed by atoms with van der Waals surface area (Å²) in [5.74, 6) is -1.40. The second-order valence-corrected chi connectivity index (χ2v) is 8.28. The lowest BCUT2D eigenvalue weighted by Gasteiger charge is -2.17. The monoisotopic (exact) mass is 482 g/mol. The normalized spacial score (nSPS) is 11.6. The number of ketones is 2. The fraction of sp³-hybridized carbons (Fsp3) is 0.172. The SMILES string of the molecule is O=C(CCC(=O)c1ccccc1)NCCC(=O)OC(C(=O)c1c[nH]c2ccccc12)c1ccccc1. The third-order valence-corrected chi connectivity index (χ3v) is 5.77. The zero-order valence-electron chi connectivity index (χ0n) is 19.6. The highest BCUT2D eigenvalue weighted by molar-refractivity contribution is 6.10. The minimum absolute atomic E-state index is 0.0223. The highest BCUT2D eigenvalue weighted by atomic mass is 16.5. The van der Waals surface area contributed by atoms with Gasteiger partial charge in [0.1, 0.15) is 0 Å². The highest BCUT2D eigenvalue weighted by Gasteiger charge is 2.28. The number of fused-ring (bicyclic) bond motifs is 1. The number of hydrogen-bond donors (Lipinski definition) is 2. The van der Waals surface area contributed by atoms with E-state index in [0.717, 1.165) is 10.9 Å². The first-order chi connectivity index (χ1) is 17.5. The number of ether oxygens (including phenoxy) is 1. The number of benzene rings is 3. The number of amides is 1. The van der Waals surface area contributed by atoms with E-state index in [-0.39, 0.29) is 43.3 Å². The number of Topliss-reactive ketones (excluding diaryl/α,β-unsaturated/α-hetero) is 2. The molecule has 0 aliphatic rings. The molecule has 3 aromatic carbocycles. The summed E-state index contributed by atoms with van der Waals surface area (Å²) < 4.78 is 5.60. The Balaban J connectivity index is 1.33. The number of carbonyl (C=O) groups is 4. The quantitative estimate of drug-likeness (QED) is 0.236. The summed E-state index contributed by atoms with van der Waals surface area (Å²) in [4.78, 5) is 53.3. The molecule has 1 heterocycles. The number of rotatable bonds is 11. The summed E-state index contributed by atoms with van der Waals surface area (Å²) in [7, 11) is 0. The van der Waals surface area contributed by atoms with Crippen LogP contribution < -0.4 is 5.32 Å². The van der Waals surface area contributed by atoms with Crippen molar-refractivity contribution in [3.8, 4) is 0 Å². The van der Waals surface area contributed by atoms with E-state index in [1.807, 2.05) is 36.4 Å². The van der Waals surface area contributed by atoms with E-state index in [9.17, 15) is 19.2 Å². The van der Waals surface area contributed by atoms with Crippen LogP contribution >= 0.6 is 0 Å². The van der Waals surface area contributed by atoms with Crippen molar-refractivity contribution >= 4 is 34.3 Å². The van der Waals surface area contributed by atoms with Gasteiger partial charge in [0.05, 0.1) is 6.42 Å². The number of aromatic nitrogens is 1. The number of para-hydroxylation sites is 1. The average molecular weight is 483 g/mol. The van der Waals surface area contributed by atoms with Crippen molar-refractivity contribution in [1.82, 2.24) is 10.3 Å². The van der Waals surface area contributed by atoms with Crippen LogP contribution in [0, 0.1) is 0 Å². The van der Waals surface area contributed by atoms with Crippen LogP contribution in [0.5, 0.6) is 0 Å². The lowest BCUT2D eigenvalue weighted by molar-refractivity contribution is -0.147. The van der Waals surface area contributed by atoms with E-state index >= 15 is 0 Å². The predicted octanol–water partition coefficient (Wildman–Crippen LogP) is 4.80. The Kier molecular flexibility index (Phi) is 8.03. The first kappa shape index (κ1) is 24.6. The van der Waals surface area contributed by atoms with Crippen LogP contribution in [-0.4, -0.2) is 35.0 Å². The summed E-state index contributed by atoms with van der Waals surface area (Å²) in [5.41, 5.74) is 2.36. The molecule has 36 heavy (non-hydrogen) atoms. The van der Waals surface area contributed by atoms with Crippen LogP contribution in [0.15, 0.2) is 91.1 Å². The lowest BCUT2D eigenvalue weighted by atomic mass is 9.99. The molecule has 0 aliphatic heterocycles. The van der Waals surface area contributed by atoms with Crippen LogP contribution in [-0.2, 0) is 14.3 Å². The number of aromatic amines is 1. The van der Waals surface area contributed by atoms with Crippen LogP contribution in [0.2, 0.25) is 0 Å². The molecule has 0 spiro atoms. The molecule has 1 aromatic heterocycles. The molecule has 4 aromatic rings.